The van der Waals surface area contributed by atoms with E-state index in [1.54, 1.807) is 40.8 Å². The summed E-state index contributed by atoms with van der Waals surface area (Å²) in [7, 11) is 1.58. The molecule has 3 heterocycles. The lowest BCUT2D eigenvalue weighted by Crippen LogP contribution is -2.54. The molecule has 1 aromatic carbocycles. The van der Waals surface area contributed by atoms with Crippen LogP contribution in [0.4, 0.5) is 10.5 Å². The van der Waals surface area contributed by atoms with Gasteiger partial charge < -0.3 is 34.1 Å². The number of rotatable bonds is 4. The van der Waals surface area contributed by atoms with Crippen molar-refractivity contribution in [2.45, 2.75) is 84.8 Å². The van der Waals surface area contributed by atoms with Gasteiger partial charge in [0, 0.05) is 30.8 Å². The number of carbonyl (C=O) groups excluding carboxylic acids is 2. The molecule has 1 saturated heterocycles. The Balaban J connectivity index is 1.50. The SMILES string of the molecule is Cc1cc(C)c(N(C)C(=O)c2cc(Br)c3c(c2C)OC(C)([C@@H]2CC[C@@H](NC(=O)OC(C)(C)C)CO2)O3)c(=O)[nH]1. The molecule has 0 saturated carbocycles. The summed E-state index contributed by atoms with van der Waals surface area (Å²) < 4.78 is 24.6. The van der Waals surface area contributed by atoms with E-state index in [9.17, 15) is 14.4 Å². The zero-order valence-corrected chi connectivity index (χ0v) is 25.2. The summed E-state index contributed by atoms with van der Waals surface area (Å²) in [6.45, 7) is 12.9. The first-order valence-corrected chi connectivity index (χ1v) is 13.7. The maximum atomic E-state index is 13.6. The number of aromatic nitrogens is 1. The number of nitrogens with zero attached hydrogens (tertiary/aromatic N) is 1. The van der Waals surface area contributed by atoms with Gasteiger partial charge in [0.15, 0.2) is 11.5 Å². The summed E-state index contributed by atoms with van der Waals surface area (Å²) in [5.74, 6) is -0.562. The Bertz CT molecular complexity index is 1360. The van der Waals surface area contributed by atoms with Crippen molar-refractivity contribution in [3.8, 4) is 11.5 Å². The standard InChI is InChI=1S/C28H36BrN3O7/c1-14-11-15(2)30-24(33)21(14)32(8)25(34)18-12-19(29)23-22(16(18)3)37-28(7,38-23)20-10-9-17(13-36-20)31-26(35)39-27(4,5)6/h11-12,17,20H,9-10,13H2,1-8H3,(H,30,33)(H,31,35)/t17-,20+,28?/m1/s1. The summed E-state index contributed by atoms with van der Waals surface area (Å²) in [5.41, 5.74) is 1.77. The number of amides is 2. The van der Waals surface area contributed by atoms with Crippen molar-refractivity contribution < 1.29 is 28.5 Å². The number of halogens is 1. The van der Waals surface area contributed by atoms with Crippen molar-refractivity contribution >= 4 is 33.6 Å². The molecule has 4 rings (SSSR count). The van der Waals surface area contributed by atoms with E-state index in [2.05, 4.69) is 26.2 Å². The Kier molecular flexibility index (Phi) is 7.79. The molecule has 2 aliphatic rings. The Morgan fingerprint density at radius 3 is 2.41 bits per heavy atom. The van der Waals surface area contributed by atoms with E-state index < -0.39 is 23.6 Å². The summed E-state index contributed by atoms with van der Waals surface area (Å²) in [5, 5.41) is 2.85. The second kappa shape index (κ2) is 10.5. The van der Waals surface area contributed by atoms with E-state index in [-0.39, 0.29) is 29.8 Å². The summed E-state index contributed by atoms with van der Waals surface area (Å²) >= 11 is 3.53. The summed E-state index contributed by atoms with van der Waals surface area (Å²) in [4.78, 5) is 42.4. The molecule has 10 nitrogen and oxygen atoms in total. The normalized spacial score (nSPS) is 22.4. The molecule has 39 heavy (non-hydrogen) atoms. The quantitative estimate of drug-likeness (QED) is 0.508. The number of fused-ring (bicyclic) bond motifs is 1. The predicted octanol–water partition coefficient (Wildman–Crippen LogP) is 4.90. The van der Waals surface area contributed by atoms with Crippen LogP contribution in [0.2, 0.25) is 0 Å². The third kappa shape index (κ3) is 5.94. The first-order valence-electron chi connectivity index (χ1n) is 12.9. The molecule has 212 valence electrons. The number of aryl methyl sites for hydroxylation is 2. The minimum atomic E-state index is -1.13. The fourth-order valence-electron chi connectivity index (χ4n) is 5.00. The van der Waals surface area contributed by atoms with Gasteiger partial charge in [-0.15, -0.1) is 0 Å². The highest BCUT2D eigenvalue weighted by Crippen LogP contribution is 2.50. The van der Waals surface area contributed by atoms with E-state index in [1.165, 1.54) is 4.90 Å². The number of aromatic amines is 1. The average molecular weight is 607 g/mol. The number of hydrogen-bond donors (Lipinski definition) is 2. The van der Waals surface area contributed by atoms with Gasteiger partial charge in [0.25, 0.3) is 17.3 Å². The number of alkyl carbamates (subject to hydrolysis) is 1. The topological polar surface area (TPSA) is 119 Å². The van der Waals surface area contributed by atoms with Crippen LogP contribution < -0.4 is 25.2 Å². The van der Waals surface area contributed by atoms with E-state index in [0.29, 0.717) is 45.5 Å². The van der Waals surface area contributed by atoms with Crippen LogP contribution in [0.1, 0.15) is 67.7 Å². The van der Waals surface area contributed by atoms with Crippen LogP contribution in [0.5, 0.6) is 11.5 Å². The lowest BCUT2D eigenvalue weighted by Gasteiger charge is -2.37. The Hall–Kier alpha value is -3.05. The van der Waals surface area contributed by atoms with Gasteiger partial charge >= 0.3 is 6.09 Å². The summed E-state index contributed by atoms with van der Waals surface area (Å²) in [6, 6.07) is 3.32. The molecular formula is C28H36BrN3O7. The zero-order valence-electron chi connectivity index (χ0n) is 23.6. The molecule has 0 aliphatic carbocycles. The fourth-order valence-corrected chi connectivity index (χ4v) is 5.49. The van der Waals surface area contributed by atoms with Crippen LogP contribution in [-0.2, 0) is 9.47 Å². The first-order chi connectivity index (χ1) is 18.1. The minimum absolute atomic E-state index is 0.190. The number of pyridine rings is 1. The van der Waals surface area contributed by atoms with E-state index in [0.717, 1.165) is 5.69 Å². The molecule has 11 heteroatoms. The molecule has 2 aliphatic heterocycles. The van der Waals surface area contributed by atoms with E-state index >= 15 is 0 Å². The van der Waals surface area contributed by atoms with Crippen molar-refractivity contribution in [1.82, 2.24) is 10.3 Å². The van der Waals surface area contributed by atoms with Gasteiger partial charge in [0.2, 0.25) is 0 Å². The van der Waals surface area contributed by atoms with Gasteiger partial charge in [-0.3, -0.25) is 9.59 Å². The number of nitrogens with one attached hydrogen (secondary N) is 2. The van der Waals surface area contributed by atoms with Gasteiger partial charge in [0.05, 0.1) is 17.1 Å². The zero-order chi connectivity index (χ0) is 28.9. The Labute approximate surface area is 236 Å². The highest BCUT2D eigenvalue weighted by Gasteiger charge is 2.49. The molecule has 1 fully saturated rings. The first kappa shape index (κ1) is 28.9. The monoisotopic (exact) mass is 605 g/mol. The number of carbonyl (C=O) groups is 2. The molecule has 2 aromatic rings. The Morgan fingerprint density at radius 1 is 1.15 bits per heavy atom. The van der Waals surface area contributed by atoms with Crippen LogP contribution in [0.25, 0.3) is 0 Å². The third-order valence-corrected chi connectivity index (χ3v) is 7.42. The lowest BCUT2D eigenvalue weighted by molar-refractivity contribution is -0.185. The van der Waals surface area contributed by atoms with Crippen molar-refractivity contribution in [2.75, 3.05) is 18.6 Å². The summed E-state index contributed by atoms with van der Waals surface area (Å²) in [6.07, 6.45) is 0.336. The molecular weight excluding hydrogens is 570 g/mol. The number of ether oxygens (including phenoxy) is 4. The predicted molar refractivity (Wildman–Crippen MR) is 150 cm³/mol. The fraction of sp³-hybridized carbons (Fsp3) is 0.536. The number of hydrogen-bond acceptors (Lipinski definition) is 7. The number of H-pyrrole nitrogens is 1. The number of benzene rings is 1. The van der Waals surface area contributed by atoms with E-state index in [1.807, 2.05) is 26.8 Å². The lowest BCUT2D eigenvalue weighted by atomic mass is 9.99. The van der Waals surface area contributed by atoms with E-state index in [4.69, 9.17) is 18.9 Å². The molecule has 3 atom stereocenters. The van der Waals surface area contributed by atoms with Crippen LogP contribution in [0.15, 0.2) is 21.4 Å². The van der Waals surface area contributed by atoms with Crippen molar-refractivity contribution in [1.29, 1.82) is 0 Å². The second-order valence-corrected chi connectivity index (χ2v) is 12.2. The van der Waals surface area contributed by atoms with Crippen LogP contribution in [-0.4, -0.2) is 54.2 Å². The van der Waals surface area contributed by atoms with Crippen LogP contribution in [0.3, 0.4) is 0 Å². The van der Waals surface area contributed by atoms with Gasteiger partial charge in [-0.25, -0.2) is 4.79 Å². The minimum Gasteiger partial charge on any atom is -0.446 e. The molecule has 0 spiro atoms. The number of anilines is 1. The van der Waals surface area contributed by atoms with Gasteiger partial charge in [0.1, 0.15) is 17.4 Å². The molecule has 0 radical (unpaired) electrons. The van der Waals surface area contributed by atoms with Gasteiger partial charge in [-0.1, -0.05) is 0 Å². The smallest absolute Gasteiger partial charge is 0.407 e. The Morgan fingerprint density at radius 2 is 1.82 bits per heavy atom. The molecule has 2 N–H and O–H groups in total. The molecule has 1 unspecified atom stereocenters. The molecule has 0 bridgehead atoms. The average Bonchev–Trinajstić information content (AvgIpc) is 3.19. The van der Waals surface area contributed by atoms with Gasteiger partial charge in [-0.2, -0.15) is 0 Å². The van der Waals surface area contributed by atoms with Crippen LogP contribution >= 0.6 is 15.9 Å². The van der Waals surface area contributed by atoms with Crippen molar-refractivity contribution in [3.63, 3.8) is 0 Å². The van der Waals surface area contributed by atoms with Crippen molar-refractivity contribution in [2.24, 2.45) is 0 Å². The third-order valence-electron chi connectivity index (χ3n) is 6.83. The van der Waals surface area contributed by atoms with Crippen molar-refractivity contribution in [3.05, 3.63) is 49.3 Å². The maximum Gasteiger partial charge on any atom is 0.407 e. The second-order valence-electron chi connectivity index (χ2n) is 11.3. The largest absolute Gasteiger partial charge is 0.446 e. The van der Waals surface area contributed by atoms with Crippen LogP contribution in [0, 0.1) is 20.8 Å². The highest BCUT2D eigenvalue weighted by molar-refractivity contribution is 9.10. The molecule has 1 aromatic heterocycles. The maximum absolute atomic E-state index is 13.6. The molecule has 2 amide bonds. The highest BCUT2D eigenvalue weighted by atomic mass is 79.9. The van der Waals surface area contributed by atoms with Gasteiger partial charge in [-0.05, 0) is 88.0 Å².